The van der Waals surface area contributed by atoms with Crippen LogP contribution in [0.4, 0.5) is 13.2 Å². The maximum Gasteiger partial charge on any atom is 0.511 e. The lowest BCUT2D eigenvalue weighted by atomic mass is 9.98. The Balaban J connectivity index is 1.72. The summed E-state index contributed by atoms with van der Waals surface area (Å²) in [6, 6.07) is 1.04. The van der Waals surface area contributed by atoms with Crippen LogP contribution in [0.5, 0.6) is 0 Å². The molecule has 1 aliphatic carbocycles. The summed E-state index contributed by atoms with van der Waals surface area (Å²) in [5.41, 5.74) is -5.23. The average molecular weight is 414 g/mol. The van der Waals surface area contributed by atoms with E-state index in [2.05, 4.69) is 34.5 Å². The fourth-order valence-corrected chi connectivity index (χ4v) is 4.18. The van der Waals surface area contributed by atoms with Crippen molar-refractivity contribution < 1.29 is 21.6 Å². The molecular weight excluding hydrogens is 383 g/mol. The van der Waals surface area contributed by atoms with E-state index in [9.17, 15) is 21.6 Å². The quantitative estimate of drug-likeness (QED) is 0.484. The molecule has 0 bridgehead atoms. The van der Waals surface area contributed by atoms with Gasteiger partial charge in [-0.2, -0.15) is 17.5 Å². The lowest BCUT2D eigenvalue weighted by molar-refractivity contribution is -0.0496. The van der Waals surface area contributed by atoms with Crippen LogP contribution in [-0.2, 0) is 10.0 Å². The van der Waals surface area contributed by atoms with Crippen LogP contribution in [0.1, 0.15) is 32.6 Å². The maximum absolute atomic E-state index is 12.6. The van der Waals surface area contributed by atoms with Gasteiger partial charge in [-0.1, -0.05) is 0 Å². The highest BCUT2D eigenvalue weighted by atomic mass is 32.2. The van der Waals surface area contributed by atoms with Gasteiger partial charge < -0.3 is 10.6 Å². The maximum atomic E-state index is 12.6. The highest BCUT2D eigenvalue weighted by Gasteiger charge is 2.50. The monoisotopic (exact) mass is 413 g/mol. The smallest absolute Gasteiger partial charge is 0.356 e. The van der Waals surface area contributed by atoms with Crippen LogP contribution in [0, 0.1) is 5.92 Å². The lowest BCUT2D eigenvalue weighted by Crippen LogP contribution is -2.48. The van der Waals surface area contributed by atoms with E-state index in [-0.39, 0.29) is 19.0 Å². The van der Waals surface area contributed by atoms with Crippen molar-refractivity contribution in [2.45, 2.75) is 50.2 Å². The molecule has 2 rings (SSSR count). The molecule has 0 aromatic rings. The van der Waals surface area contributed by atoms with E-state index in [0.717, 1.165) is 6.54 Å². The van der Waals surface area contributed by atoms with Gasteiger partial charge in [0.05, 0.1) is 0 Å². The third kappa shape index (κ3) is 5.95. The van der Waals surface area contributed by atoms with Crippen LogP contribution in [0.25, 0.3) is 0 Å². The summed E-state index contributed by atoms with van der Waals surface area (Å²) in [7, 11) is -1.43. The molecule has 2 aliphatic rings. The molecule has 1 unspecified atom stereocenters. The molecule has 2 N–H and O–H groups in total. The molecule has 0 spiro atoms. The number of nitrogens with one attached hydrogen (secondary N) is 2. The van der Waals surface area contributed by atoms with Gasteiger partial charge in [-0.05, 0) is 45.6 Å². The number of hydrogen-bond donors (Lipinski definition) is 2. The van der Waals surface area contributed by atoms with E-state index in [0.29, 0.717) is 41.7 Å². The molecule has 1 saturated heterocycles. The van der Waals surface area contributed by atoms with Crippen LogP contribution in [0.3, 0.4) is 0 Å². The standard InChI is InChI=1S/C16H30F3N5O2S/c1-12(23(3)14-4-5-14)10-21-15(20-2)22-11-13-6-8-24(9-7-13)27(25,26)16(17,18)19/h12-14H,4-11H2,1-3H3,(H2,20,21,22). The molecule has 0 amide bonds. The molecule has 1 atom stereocenters. The summed E-state index contributed by atoms with van der Waals surface area (Å²) in [4.78, 5) is 6.52. The Morgan fingerprint density at radius 1 is 1.22 bits per heavy atom. The van der Waals surface area contributed by atoms with Crippen LogP contribution in [0.2, 0.25) is 0 Å². The Morgan fingerprint density at radius 3 is 2.30 bits per heavy atom. The van der Waals surface area contributed by atoms with Crippen LogP contribution < -0.4 is 10.6 Å². The van der Waals surface area contributed by atoms with E-state index in [1.165, 1.54) is 12.8 Å². The summed E-state index contributed by atoms with van der Waals surface area (Å²) in [5, 5.41) is 6.46. The Morgan fingerprint density at radius 2 is 1.81 bits per heavy atom. The second kappa shape index (κ2) is 8.95. The molecule has 11 heteroatoms. The highest BCUT2D eigenvalue weighted by Crippen LogP contribution is 2.30. The third-order valence-corrected chi connectivity index (χ3v) is 7.00. The second-order valence-electron chi connectivity index (χ2n) is 7.37. The fraction of sp³-hybridized carbons (Fsp3) is 0.938. The molecule has 158 valence electrons. The Hall–Kier alpha value is -1.07. The van der Waals surface area contributed by atoms with Gasteiger partial charge in [-0.15, -0.1) is 0 Å². The number of piperidine rings is 1. The summed E-state index contributed by atoms with van der Waals surface area (Å²) in [6.45, 7) is 3.23. The Bertz CT molecular complexity index is 614. The zero-order valence-electron chi connectivity index (χ0n) is 16.1. The van der Waals surface area contributed by atoms with Gasteiger partial charge in [-0.3, -0.25) is 9.89 Å². The number of hydrogen-bond acceptors (Lipinski definition) is 4. The van der Waals surface area contributed by atoms with Gasteiger partial charge in [0, 0.05) is 45.3 Å². The SMILES string of the molecule is CN=C(NCC1CCN(S(=O)(=O)C(F)(F)F)CC1)NCC(C)N(C)C1CC1. The number of alkyl halides is 3. The van der Waals surface area contributed by atoms with E-state index in [4.69, 9.17) is 0 Å². The lowest BCUT2D eigenvalue weighted by Gasteiger charge is -2.32. The van der Waals surface area contributed by atoms with Crippen molar-refractivity contribution in [1.82, 2.24) is 19.8 Å². The number of rotatable bonds is 7. The van der Waals surface area contributed by atoms with Crippen molar-refractivity contribution in [3.8, 4) is 0 Å². The largest absolute Gasteiger partial charge is 0.511 e. The summed E-state index contributed by atoms with van der Waals surface area (Å²) in [6.07, 6.45) is 3.27. The molecule has 0 aromatic carbocycles. The zero-order chi connectivity index (χ0) is 20.2. The minimum atomic E-state index is -5.23. The molecule has 2 fully saturated rings. The Labute approximate surface area is 159 Å². The van der Waals surface area contributed by atoms with Gasteiger partial charge in [0.1, 0.15) is 0 Å². The van der Waals surface area contributed by atoms with Gasteiger partial charge >= 0.3 is 15.5 Å². The van der Waals surface area contributed by atoms with Gasteiger partial charge in [0.15, 0.2) is 5.96 Å². The third-order valence-electron chi connectivity index (χ3n) is 5.37. The minimum Gasteiger partial charge on any atom is -0.356 e. The first-order valence-corrected chi connectivity index (χ1v) is 10.7. The van der Waals surface area contributed by atoms with Crippen LogP contribution in [-0.4, -0.2) is 81.4 Å². The number of guanidine groups is 1. The molecule has 1 aliphatic heterocycles. The second-order valence-corrected chi connectivity index (χ2v) is 9.30. The first kappa shape index (κ1) is 22.2. The van der Waals surface area contributed by atoms with Crippen molar-refractivity contribution in [3.05, 3.63) is 0 Å². The molecule has 1 heterocycles. The Kier molecular flexibility index (Phi) is 7.37. The van der Waals surface area contributed by atoms with Crippen molar-refractivity contribution in [2.24, 2.45) is 10.9 Å². The minimum absolute atomic E-state index is 0.106. The number of sulfonamides is 1. The van der Waals surface area contributed by atoms with E-state index >= 15 is 0 Å². The first-order chi connectivity index (χ1) is 12.6. The van der Waals surface area contributed by atoms with Crippen molar-refractivity contribution in [1.29, 1.82) is 0 Å². The van der Waals surface area contributed by atoms with Crippen LogP contribution >= 0.6 is 0 Å². The molecule has 0 aromatic heterocycles. The van der Waals surface area contributed by atoms with Crippen molar-refractivity contribution >= 4 is 16.0 Å². The van der Waals surface area contributed by atoms with Gasteiger partial charge in [0.2, 0.25) is 0 Å². The molecule has 7 nitrogen and oxygen atoms in total. The predicted octanol–water partition coefficient (Wildman–Crippen LogP) is 1.20. The summed E-state index contributed by atoms with van der Waals surface area (Å²) >= 11 is 0. The van der Waals surface area contributed by atoms with Crippen molar-refractivity contribution in [2.75, 3.05) is 40.3 Å². The topological polar surface area (TPSA) is 77.0 Å². The van der Waals surface area contributed by atoms with E-state index in [1.807, 2.05) is 0 Å². The molecule has 27 heavy (non-hydrogen) atoms. The number of halogens is 3. The van der Waals surface area contributed by atoms with Crippen LogP contribution in [0.15, 0.2) is 4.99 Å². The normalized spacial score (nSPS) is 22.1. The number of likely N-dealkylation sites (N-methyl/N-ethyl adjacent to an activating group) is 1. The predicted molar refractivity (Wildman–Crippen MR) is 98.9 cm³/mol. The summed E-state index contributed by atoms with van der Waals surface area (Å²) in [5.74, 6) is 0.756. The number of nitrogens with zero attached hydrogens (tertiary/aromatic N) is 3. The molecule has 1 saturated carbocycles. The molecule has 0 radical (unpaired) electrons. The molecular formula is C16H30F3N5O2S. The van der Waals surface area contributed by atoms with E-state index in [1.54, 1.807) is 7.05 Å². The summed E-state index contributed by atoms with van der Waals surface area (Å²) < 4.78 is 61.2. The average Bonchev–Trinajstić information content (AvgIpc) is 3.45. The van der Waals surface area contributed by atoms with Crippen molar-refractivity contribution in [3.63, 3.8) is 0 Å². The highest BCUT2D eigenvalue weighted by molar-refractivity contribution is 7.90. The zero-order valence-corrected chi connectivity index (χ0v) is 16.9. The first-order valence-electron chi connectivity index (χ1n) is 9.29. The van der Waals surface area contributed by atoms with Gasteiger partial charge in [-0.25, -0.2) is 8.42 Å². The van der Waals surface area contributed by atoms with E-state index < -0.39 is 15.5 Å². The number of aliphatic imine (C=N–C) groups is 1. The fourth-order valence-electron chi connectivity index (χ4n) is 3.19. The van der Waals surface area contributed by atoms with Gasteiger partial charge in [0.25, 0.3) is 0 Å².